The average Bonchev–Trinajstić information content (AvgIpc) is 2.43. The van der Waals surface area contributed by atoms with Crippen molar-refractivity contribution < 1.29 is 9.90 Å². The zero-order valence-electron chi connectivity index (χ0n) is 12.1. The predicted octanol–water partition coefficient (Wildman–Crippen LogP) is 1.63. The number of hydrogen-bond donors (Lipinski definition) is 3. The highest BCUT2D eigenvalue weighted by molar-refractivity contribution is 5.73. The van der Waals surface area contributed by atoms with E-state index in [-0.39, 0.29) is 12.1 Å². The van der Waals surface area contributed by atoms with Crippen molar-refractivity contribution in [3.8, 4) is 5.75 Å². The molecule has 0 aromatic heterocycles. The molecular formula is C15H23N3O2. The van der Waals surface area contributed by atoms with E-state index < -0.39 is 0 Å². The second-order valence-corrected chi connectivity index (χ2v) is 5.41. The number of aromatic hydroxyl groups is 1. The molecule has 1 unspecified atom stereocenters. The van der Waals surface area contributed by atoms with Gasteiger partial charge in [0.25, 0.3) is 0 Å². The van der Waals surface area contributed by atoms with E-state index in [1.165, 1.54) is 16.0 Å². The fourth-order valence-corrected chi connectivity index (χ4v) is 2.57. The number of carbonyl (C=O) groups is 1. The lowest BCUT2D eigenvalue weighted by Gasteiger charge is -2.27. The lowest BCUT2D eigenvalue weighted by Crippen LogP contribution is -2.39. The Balaban J connectivity index is 1.86. The summed E-state index contributed by atoms with van der Waals surface area (Å²) in [5.74, 6) is 0.318. The molecule has 5 nitrogen and oxygen atoms in total. The number of amides is 2. The van der Waals surface area contributed by atoms with Crippen molar-refractivity contribution in [2.24, 2.45) is 0 Å². The zero-order valence-corrected chi connectivity index (χ0v) is 12.1. The lowest BCUT2D eigenvalue weighted by atomic mass is 9.87. The minimum absolute atomic E-state index is 0.0755. The van der Waals surface area contributed by atoms with Gasteiger partial charge in [-0.3, -0.25) is 0 Å². The second kappa shape index (κ2) is 6.61. The van der Waals surface area contributed by atoms with Crippen molar-refractivity contribution in [1.29, 1.82) is 0 Å². The number of urea groups is 1. The summed E-state index contributed by atoms with van der Waals surface area (Å²) in [6.07, 6.45) is 3.29. The molecule has 2 rings (SSSR count). The largest absolute Gasteiger partial charge is 0.508 e. The van der Waals surface area contributed by atoms with E-state index in [4.69, 9.17) is 0 Å². The maximum atomic E-state index is 11.4. The molecule has 2 amide bonds. The summed E-state index contributed by atoms with van der Waals surface area (Å²) in [4.78, 5) is 12.9. The van der Waals surface area contributed by atoms with Crippen LogP contribution in [0.4, 0.5) is 4.79 Å². The molecule has 1 aromatic carbocycles. The van der Waals surface area contributed by atoms with E-state index in [0.717, 1.165) is 25.8 Å². The minimum Gasteiger partial charge on any atom is -0.508 e. The normalized spacial score (nSPS) is 17.4. The molecule has 0 bridgehead atoms. The van der Waals surface area contributed by atoms with Crippen LogP contribution < -0.4 is 10.6 Å². The van der Waals surface area contributed by atoms with Gasteiger partial charge in [-0.15, -0.1) is 0 Å². The molecule has 0 saturated heterocycles. The van der Waals surface area contributed by atoms with E-state index in [0.29, 0.717) is 12.3 Å². The molecule has 1 aliphatic rings. The molecule has 0 spiro atoms. The standard InChI is InChI=1S/C15H23N3O2/c1-18(2)15(20)17-9-8-16-14-5-3-4-11-6-7-12(19)10-13(11)14/h6-7,10,14,16,19H,3-5,8-9H2,1-2H3,(H,17,20). The Morgan fingerprint density at radius 1 is 1.40 bits per heavy atom. The second-order valence-electron chi connectivity index (χ2n) is 5.41. The van der Waals surface area contributed by atoms with Crippen molar-refractivity contribution in [1.82, 2.24) is 15.5 Å². The van der Waals surface area contributed by atoms with Crippen LogP contribution in [0.5, 0.6) is 5.75 Å². The van der Waals surface area contributed by atoms with Crippen molar-refractivity contribution in [3.05, 3.63) is 29.3 Å². The fraction of sp³-hybridized carbons (Fsp3) is 0.533. The summed E-state index contributed by atoms with van der Waals surface area (Å²) < 4.78 is 0. The number of carbonyl (C=O) groups excluding carboxylic acids is 1. The van der Waals surface area contributed by atoms with E-state index in [2.05, 4.69) is 10.6 Å². The first-order valence-corrected chi connectivity index (χ1v) is 7.08. The van der Waals surface area contributed by atoms with Crippen molar-refractivity contribution in [2.75, 3.05) is 27.2 Å². The molecule has 110 valence electrons. The van der Waals surface area contributed by atoms with Gasteiger partial charge in [-0.25, -0.2) is 4.79 Å². The van der Waals surface area contributed by atoms with Gasteiger partial charge in [0, 0.05) is 33.2 Å². The van der Waals surface area contributed by atoms with Crippen LogP contribution in [0.15, 0.2) is 18.2 Å². The van der Waals surface area contributed by atoms with Crippen molar-refractivity contribution in [3.63, 3.8) is 0 Å². The fourth-order valence-electron chi connectivity index (χ4n) is 2.57. The quantitative estimate of drug-likeness (QED) is 0.733. The van der Waals surface area contributed by atoms with Crippen LogP contribution in [0.1, 0.15) is 30.0 Å². The number of phenols is 1. The Morgan fingerprint density at radius 3 is 2.95 bits per heavy atom. The van der Waals surface area contributed by atoms with Gasteiger partial charge < -0.3 is 20.6 Å². The number of phenolic OH excluding ortho intramolecular Hbond substituents is 1. The third-order valence-electron chi connectivity index (χ3n) is 3.64. The first-order chi connectivity index (χ1) is 9.58. The Morgan fingerprint density at radius 2 is 2.20 bits per heavy atom. The van der Waals surface area contributed by atoms with Crippen LogP contribution >= 0.6 is 0 Å². The van der Waals surface area contributed by atoms with Crippen LogP contribution in [-0.2, 0) is 6.42 Å². The highest BCUT2D eigenvalue weighted by Gasteiger charge is 2.19. The first kappa shape index (κ1) is 14.7. The molecule has 1 atom stereocenters. The Labute approximate surface area is 120 Å². The highest BCUT2D eigenvalue weighted by Crippen LogP contribution is 2.31. The summed E-state index contributed by atoms with van der Waals surface area (Å²) in [5, 5.41) is 15.9. The molecule has 5 heteroatoms. The van der Waals surface area contributed by atoms with E-state index >= 15 is 0 Å². The minimum atomic E-state index is -0.0755. The highest BCUT2D eigenvalue weighted by atomic mass is 16.3. The van der Waals surface area contributed by atoms with E-state index in [1.807, 2.05) is 12.1 Å². The molecular weight excluding hydrogens is 254 g/mol. The number of aryl methyl sites for hydroxylation is 1. The molecule has 1 aromatic rings. The molecule has 0 heterocycles. The lowest BCUT2D eigenvalue weighted by molar-refractivity contribution is 0.217. The monoisotopic (exact) mass is 277 g/mol. The summed E-state index contributed by atoms with van der Waals surface area (Å²) >= 11 is 0. The van der Waals surface area contributed by atoms with Gasteiger partial charge in [0.2, 0.25) is 0 Å². The Kier molecular flexibility index (Phi) is 4.84. The Hall–Kier alpha value is -1.75. The van der Waals surface area contributed by atoms with Crippen molar-refractivity contribution in [2.45, 2.75) is 25.3 Å². The number of hydrogen-bond acceptors (Lipinski definition) is 3. The van der Waals surface area contributed by atoms with Gasteiger partial charge in [-0.05, 0) is 42.5 Å². The van der Waals surface area contributed by atoms with Crippen LogP contribution in [0.25, 0.3) is 0 Å². The number of benzene rings is 1. The molecule has 3 N–H and O–H groups in total. The third kappa shape index (κ3) is 3.63. The van der Waals surface area contributed by atoms with E-state index in [9.17, 15) is 9.90 Å². The molecule has 1 aliphatic carbocycles. The van der Waals surface area contributed by atoms with Crippen molar-refractivity contribution >= 4 is 6.03 Å². The van der Waals surface area contributed by atoms with E-state index in [1.54, 1.807) is 20.2 Å². The van der Waals surface area contributed by atoms with Crippen LogP contribution in [0.3, 0.4) is 0 Å². The molecule has 0 radical (unpaired) electrons. The SMILES string of the molecule is CN(C)C(=O)NCCNC1CCCc2ccc(O)cc21. The topological polar surface area (TPSA) is 64.6 Å². The summed E-state index contributed by atoms with van der Waals surface area (Å²) in [7, 11) is 3.45. The number of rotatable bonds is 4. The summed E-state index contributed by atoms with van der Waals surface area (Å²) in [6, 6.07) is 5.80. The smallest absolute Gasteiger partial charge is 0.316 e. The number of nitrogens with one attached hydrogen (secondary N) is 2. The summed E-state index contributed by atoms with van der Waals surface area (Å²) in [6.45, 7) is 1.32. The first-order valence-electron chi connectivity index (χ1n) is 7.08. The number of fused-ring (bicyclic) bond motifs is 1. The van der Waals surface area contributed by atoms with Crippen LogP contribution in [0.2, 0.25) is 0 Å². The molecule has 20 heavy (non-hydrogen) atoms. The zero-order chi connectivity index (χ0) is 14.5. The molecule has 0 aliphatic heterocycles. The number of nitrogens with zero attached hydrogens (tertiary/aromatic N) is 1. The van der Waals surface area contributed by atoms with Crippen LogP contribution in [0, 0.1) is 0 Å². The predicted molar refractivity (Wildman–Crippen MR) is 78.9 cm³/mol. The van der Waals surface area contributed by atoms with Gasteiger partial charge in [0.1, 0.15) is 5.75 Å². The van der Waals surface area contributed by atoms with Gasteiger partial charge in [-0.2, -0.15) is 0 Å². The third-order valence-corrected chi connectivity index (χ3v) is 3.64. The van der Waals surface area contributed by atoms with Gasteiger partial charge in [0.15, 0.2) is 0 Å². The maximum absolute atomic E-state index is 11.4. The van der Waals surface area contributed by atoms with Gasteiger partial charge >= 0.3 is 6.03 Å². The van der Waals surface area contributed by atoms with Gasteiger partial charge in [0.05, 0.1) is 0 Å². The van der Waals surface area contributed by atoms with Gasteiger partial charge in [-0.1, -0.05) is 6.07 Å². The molecule has 0 saturated carbocycles. The summed E-state index contributed by atoms with van der Waals surface area (Å²) in [5.41, 5.74) is 2.50. The maximum Gasteiger partial charge on any atom is 0.316 e. The molecule has 0 fully saturated rings. The van der Waals surface area contributed by atoms with Crippen LogP contribution in [-0.4, -0.2) is 43.2 Å². The average molecular weight is 277 g/mol. The Bertz CT molecular complexity index is 474.